The van der Waals surface area contributed by atoms with Crippen molar-refractivity contribution in [3.8, 4) is 17.2 Å². The van der Waals surface area contributed by atoms with Gasteiger partial charge in [-0.05, 0) is 30.7 Å². The van der Waals surface area contributed by atoms with Gasteiger partial charge in [0.05, 0.1) is 43.9 Å². The first-order valence-corrected chi connectivity index (χ1v) is 8.79. The van der Waals surface area contributed by atoms with E-state index in [1.54, 1.807) is 12.1 Å². The summed E-state index contributed by atoms with van der Waals surface area (Å²) in [6.45, 7) is 0.982. The second-order valence-electron chi connectivity index (χ2n) is 6.13. The van der Waals surface area contributed by atoms with Gasteiger partial charge in [-0.1, -0.05) is 6.07 Å². The molecule has 0 unspecified atom stereocenters. The zero-order chi connectivity index (χ0) is 22.3. The predicted molar refractivity (Wildman–Crippen MR) is 107 cm³/mol. The highest BCUT2D eigenvalue weighted by Gasteiger charge is 2.17. The fourth-order valence-corrected chi connectivity index (χ4v) is 2.74. The monoisotopic (exact) mass is 418 g/mol. The molecule has 10 nitrogen and oxygen atoms in total. The van der Waals surface area contributed by atoms with Gasteiger partial charge in [-0.3, -0.25) is 19.7 Å². The Balaban J connectivity index is 1.99. The summed E-state index contributed by atoms with van der Waals surface area (Å²) in [5.74, 6) is -0.0899. The number of benzene rings is 2. The third-order valence-electron chi connectivity index (χ3n) is 4.21. The molecule has 2 aromatic carbocycles. The van der Waals surface area contributed by atoms with Crippen molar-refractivity contribution in [3.05, 3.63) is 51.6 Å². The number of ether oxygens (including phenoxy) is 4. The molecule has 1 N–H and O–H groups in total. The number of nitrogens with zero attached hydrogens (tertiary/aromatic N) is 1. The van der Waals surface area contributed by atoms with Crippen LogP contribution in [0.5, 0.6) is 17.2 Å². The number of anilines is 1. The van der Waals surface area contributed by atoms with E-state index in [1.165, 1.54) is 46.5 Å². The molecule has 0 aromatic heterocycles. The van der Waals surface area contributed by atoms with Crippen LogP contribution in [0.3, 0.4) is 0 Å². The summed E-state index contributed by atoms with van der Waals surface area (Å²) in [5, 5.41) is 13.5. The molecule has 0 aliphatic rings. The molecule has 10 heteroatoms. The first-order valence-electron chi connectivity index (χ1n) is 8.79. The van der Waals surface area contributed by atoms with Gasteiger partial charge in [0.25, 0.3) is 11.6 Å². The Morgan fingerprint density at radius 2 is 1.70 bits per heavy atom. The van der Waals surface area contributed by atoms with Crippen LogP contribution in [-0.2, 0) is 20.7 Å². The van der Waals surface area contributed by atoms with Crippen LogP contribution < -0.4 is 19.5 Å². The Labute approximate surface area is 172 Å². The van der Waals surface area contributed by atoms with Gasteiger partial charge in [-0.25, -0.2) is 0 Å². The number of nitro groups is 1. The van der Waals surface area contributed by atoms with E-state index in [0.717, 1.165) is 0 Å². The summed E-state index contributed by atoms with van der Waals surface area (Å²) in [4.78, 5) is 34.6. The van der Waals surface area contributed by atoms with Crippen LogP contribution in [0.4, 0.5) is 11.4 Å². The van der Waals surface area contributed by atoms with E-state index in [4.69, 9.17) is 18.9 Å². The highest BCUT2D eigenvalue weighted by molar-refractivity contribution is 5.94. The second-order valence-corrected chi connectivity index (χ2v) is 6.13. The zero-order valence-corrected chi connectivity index (χ0v) is 17.0. The number of carbonyl (C=O) groups excluding carboxylic acids is 2. The lowest BCUT2D eigenvalue weighted by Gasteiger charge is -2.14. The number of methoxy groups -OCH3 is 3. The number of rotatable bonds is 9. The molecule has 0 heterocycles. The molecule has 0 spiro atoms. The van der Waals surface area contributed by atoms with E-state index in [-0.39, 0.29) is 17.8 Å². The lowest BCUT2D eigenvalue weighted by atomic mass is 10.1. The standard InChI is InChI=1S/C20H22N2O8/c1-12-14(6-5-7-15(12)22(25)26)21-18(23)11-30-19(24)10-13-8-16(27-2)20(29-4)17(9-13)28-3/h5-9H,10-11H2,1-4H3,(H,21,23). The van der Waals surface area contributed by atoms with Gasteiger partial charge < -0.3 is 24.3 Å². The minimum absolute atomic E-state index is 0.118. The van der Waals surface area contributed by atoms with Crippen LogP contribution in [0.25, 0.3) is 0 Å². The van der Waals surface area contributed by atoms with E-state index in [2.05, 4.69) is 5.32 Å². The number of carbonyl (C=O) groups is 2. The Kier molecular flexibility index (Phi) is 7.56. The van der Waals surface area contributed by atoms with Crippen LogP contribution in [-0.4, -0.2) is 44.7 Å². The van der Waals surface area contributed by atoms with Crippen molar-refractivity contribution >= 4 is 23.3 Å². The van der Waals surface area contributed by atoms with Gasteiger partial charge in [-0.15, -0.1) is 0 Å². The molecule has 0 aliphatic carbocycles. The van der Waals surface area contributed by atoms with Gasteiger partial charge in [0.2, 0.25) is 5.75 Å². The van der Waals surface area contributed by atoms with Crippen LogP contribution in [0.1, 0.15) is 11.1 Å². The molecule has 1 amide bonds. The maximum Gasteiger partial charge on any atom is 0.310 e. The second kappa shape index (κ2) is 10.1. The first-order chi connectivity index (χ1) is 14.3. The molecule has 0 atom stereocenters. The fraction of sp³-hybridized carbons (Fsp3) is 0.300. The van der Waals surface area contributed by atoms with Gasteiger partial charge in [0.1, 0.15) is 0 Å². The molecule has 0 saturated carbocycles. The molecule has 0 radical (unpaired) electrons. The summed E-state index contributed by atoms with van der Waals surface area (Å²) in [6, 6.07) is 7.53. The molecule has 0 fully saturated rings. The van der Waals surface area contributed by atoms with Crippen molar-refractivity contribution in [2.45, 2.75) is 13.3 Å². The maximum atomic E-state index is 12.1. The summed E-state index contributed by atoms with van der Waals surface area (Å²) >= 11 is 0. The number of esters is 1. The zero-order valence-electron chi connectivity index (χ0n) is 17.0. The highest BCUT2D eigenvalue weighted by Crippen LogP contribution is 2.38. The molecular formula is C20H22N2O8. The summed E-state index contributed by atoms with van der Waals surface area (Å²) < 4.78 is 20.7. The molecule has 2 aromatic rings. The number of nitrogens with one attached hydrogen (secondary N) is 1. The molecule has 30 heavy (non-hydrogen) atoms. The van der Waals surface area contributed by atoms with Crippen LogP contribution >= 0.6 is 0 Å². The molecule has 0 aliphatic heterocycles. The summed E-state index contributed by atoms with van der Waals surface area (Å²) in [5.41, 5.74) is 1.01. The number of hydrogen-bond donors (Lipinski definition) is 1. The third-order valence-corrected chi connectivity index (χ3v) is 4.21. The predicted octanol–water partition coefficient (Wildman–Crippen LogP) is 2.65. The topological polar surface area (TPSA) is 126 Å². The van der Waals surface area contributed by atoms with Gasteiger partial charge in [0, 0.05) is 6.07 Å². The lowest BCUT2D eigenvalue weighted by molar-refractivity contribution is -0.385. The number of amides is 1. The third kappa shape index (κ3) is 5.37. The van der Waals surface area contributed by atoms with Crippen molar-refractivity contribution in [2.75, 3.05) is 33.3 Å². The largest absolute Gasteiger partial charge is 0.493 e. The van der Waals surface area contributed by atoms with Gasteiger partial charge in [0.15, 0.2) is 18.1 Å². The molecular weight excluding hydrogens is 396 g/mol. The first kappa shape index (κ1) is 22.5. The van der Waals surface area contributed by atoms with E-state index >= 15 is 0 Å². The molecule has 0 bridgehead atoms. The smallest absolute Gasteiger partial charge is 0.310 e. The van der Waals surface area contributed by atoms with Crippen LogP contribution in [0, 0.1) is 17.0 Å². The van der Waals surface area contributed by atoms with Crippen LogP contribution in [0.15, 0.2) is 30.3 Å². The normalized spacial score (nSPS) is 10.1. The summed E-state index contributed by atoms with van der Waals surface area (Å²) in [7, 11) is 4.38. The number of hydrogen-bond acceptors (Lipinski definition) is 8. The van der Waals surface area contributed by atoms with Crippen molar-refractivity contribution in [1.82, 2.24) is 0 Å². The quantitative estimate of drug-likeness (QED) is 0.374. The van der Waals surface area contributed by atoms with Crippen molar-refractivity contribution in [2.24, 2.45) is 0 Å². The Bertz CT molecular complexity index is 933. The maximum absolute atomic E-state index is 12.1. The van der Waals surface area contributed by atoms with Crippen LogP contribution in [0.2, 0.25) is 0 Å². The van der Waals surface area contributed by atoms with Gasteiger partial charge in [-0.2, -0.15) is 0 Å². The average molecular weight is 418 g/mol. The van der Waals surface area contributed by atoms with E-state index in [0.29, 0.717) is 28.4 Å². The SMILES string of the molecule is COc1cc(CC(=O)OCC(=O)Nc2cccc([N+](=O)[O-])c2C)cc(OC)c1OC. The Morgan fingerprint density at radius 3 is 2.23 bits per heavy atom. The van der Waals surface area contributed by atoms with Crippen molar-refractivity contribution < 1.29 is 33.5 Å². The van der Waals surface area contributed by atoms with Crippen molar-refractivity contribution in [1.29, 1.82) is 0 Å². The summed E-state index contributed by atoms with van der Waals surface area (Å²) in [6.07, 6.45) is -0.125. The molecule has 0 saturated heterocycles. The Morgan fingerprint density at radius 1 is 1.07 bits per heavy atom. The van der Waals surface area contributed by atoms with Crippen molar-refractivity contribution in [3.63, 3.8) is 0 Å². The number of nitro benzene ring substituents is 1. The molecule has 2 rings (SSSR count). The minimum Gasteiger partial charge on any atom is -0.493 e. The average Bonchev–Trinajstić information content (AvgIpc) is 2.72. The lowest BCUT2D eigenvalue weighted by Crippen LogP contribution is -2.22. The van der Waals surface area contributed by atoms with Gasteiger partial charge >= 0.3 is 5.97 Å². The minimum atomic E-state index is -0.643. The highest BCUT2D eigenvalue weighted by atomic mass is 16.6. The fourth-order valence-electron chi connectivity index (χ4n) is 2.74. The van der Waals surface area contributed by atoms with E-state index in [1.807, 2.05) is 0 Å². The molecule has 160 valence electrons. The van der Waals surface area contributed by atoms with E-state index < -0.39 is 23.4 Å². The Hall–Kier alpha value is -3.82. The van der Waals surface area contributed by atoms with E-state index in [9.17, 15) is 19.7 Å².